The number of rotatable bonds is 0. The Balaban J connectivity index is 2.12. The Hall–Kier alpha value is -0.180. The first-order valence-corrected chi connectivity index (χ1v) is 6.30. The molecular weight excluding hydrogens is 194 g/mol. The molecule has 2 heterocycles. The highest BCUT2D eigenvalue weighted by Gasteiger charge is 2.36. The quantitative estimate of drug-likeness (QED) is 0.610. The summed E-state index contributed by atoms with van der Waals surface area (Å²) >= 11 is 1.86. The van der Waals surface area contributed by atoms with Gasteiger partial charge in [0.2, 0.25) is 5.91 Å². The molecule has 3 heteroatoms. The Labute approximate surface area is 90.4 Å². The second kappa shape index (κ2) is 3.76. The van der Waals surface area contributed by atoms with Crippen LogP contribution in [0.2, 0.25) is 0 Å². The molecule has 0 saturated carbocycles. The third-order valence-electron chi connectivity index (χ3n) is 2.93. The highest BCUT2D eigenvalue weighted by atomic mass is 32.2. The predicted molar refractivity (Wildman–Crippen MR) is 59.1 cm³/mol. The van der Waals surface area contributed by atoms with E-state index in [4.69, 9.17) is 0 Å². The first-order valence-electron chi connectivity index (χ1n) is 5.31. The van der Waals surface area contributed by atoms with Crippen molar-refractivity contribution in [1.82, 2.24) is 4.90 Å². The normalized spacial score (nSPS) is 32.3. The van der Waals surface area contributed by atoms with Crippen LogP contribution in [-0.4, -0.2) is 33.9 Å². The highest BCUT2D eigenvalue weighted by molar-refractivity contribution is 8.00. The fourth-order valence-electron chi connectivity index (χ4n) is 2.11. The van der Waals surface area contributed by atoms with Gasteiger partial charge < -0.3 is 4.90 Å². The van der Waals surface area contributed by atoms with Gasteiger partial charge in [-0.15, -0.1) is 0 Å². The molecule has 2 rings (SSSR count). The van der Waals surface area contributed by atoms with E-state index in [2.05, 4.69) is 20.3 Å². The fraction of sp³-hybridized carbons (Fsp3) is 0.818. The number of thioether (sulfide) groups is 1. The Morgan fingerprint density at radius 2 is 2.29 bits per heavy atom. The summed E-state index contributed by atoms with van der Waals surface area (Å²) in [5.74, 6) is 1.20. The fourth-order valence-corrected chi connectivity index (χ4v) is 3.23. The molecule has 2 fully saturated rings. The molecule has 1 atom stereocenters. The topological polar surface area (TPSA) is 20.3 Å². The smallest absolute Gasteiger partial charge is 0.232 e. The maximum Gasteiger partial charge on any atom is 0.232 e. The molecule has 0 bridgehead atoms. The number of piperidine rings is 1. The van der Waals surface area contributed by atoms with Crippen LogP contribution in [-0.2, 0) is 4.79 Å². The van der Waals surface area contributed by atoms with Gasteiger partial charge in [0.25, 0.3) is 0 Å². The van der Waals surface area contributed by atoms with Crippen LogP contribution in [0.4, 0.5) is 0 Å². The van der Waals surface area contributed by atoms with E-state index in [1.165, 1.54) is 12.8 Å². The van der Waals surface area contributed by atoms with Crippen molar-refractivity contribution in [2.45, 2.75) is 43.9 Å². The molecule has 0 aromatic heterocycles. The third-order valence-corrected chi connectivity index (χ3v) is 4.31. The van der Waals surface area contributed by atoms with Gasteiger partial charge >= 0.3 is 0 Å². The predicted octanol–water partition coefficient (Wildman–Crippen LogP) is 1.97. The maximum absolute atomic E-state index is 11.9. The number of hydrogen-bond acceptors (Lipinski definition) is 2. The van der Waals surface area contributed by atoms with Crippen LogP contribution in [0.5, 0.6) is 0 Å². The Bertz CT molecular complexity index is 239. The monoisotopic (exact) mass is 211 g/mol. The zero-order valence-corrected chi connectivity index (χ0v) is 9.69. The van der Waals surface area contributed by atoms with Crippen molar-refractivity contribution in [2.75, 3.05) is 12.3 Å². The molecule has 0 spiro atoms. The van der Waals surface area contributed by atoms with E-state index in [0.29, 0.717) is 6.04 Å². The van der Waals surface area contributed by atoms with Crippen LogP contribution < -0.4 is 0 Å². The lowest BCUT2D eigenvalue weighted by Crippen LogP contribution is -2.44. The minimum atomic E-state index is -0.103. The Kier molecular flexibility index (Phi) is 2.78. The van der Waals surface area contributed by atoms with Gasteiger partial charge in [-0.3, -0.25) is 4.79 Å². The Morgan fingerprint density at radius 3 is 3.07 bits per heavy atom. The van der Waals surface area contributed by atoms with E-state index in [1.807, 2.05) is 16.7 Å². The molecule has 0 aromatic rings. The third kappa shape index (κ3) is 2.08. The molecule has 2 aliphatic heterocycles. The lowest BCUT2D eigenvalue weighted by atomic mass is 10.0. The summed E-state index contributed by atoms with van der Waals surface area (Å²) in [5.41, 5.74) is 0. The average Bonchev–Trinajstić information content (AvgIpc) is 2.24. The molecule has 1 amide bonds. The maximum atomic E-state index is 11.9. The lowest BCUT2D eigenvalue weighted by Gasteiger charge is -2.33. The molecule has 0 aliphatic carbocycles. The van der Waals surface area contributed by atoms with Crippen LogP contribution in [0.1, 0.15) is 33.1 Å². The first-order chi connectivity index (χ1) is 6.58. The molecule has 1 unspecified atom stereocenters. The van der Waals surface area contributed by atoms with Gasteiger partial charge in [-0.25, -0.2) is 0 Å². The van der Waals surface area contributed by atoms with Gasteiger partial charge in [-0.05, 0) is 33.1 Å². The van der Waals surface area contributed by atoms with E-state index in [-0.39, 0.29) is 10.7 Å². The average molecular weight is 211 g/mol. The standard InChI is InChI=1S/C11H17NOS/c1-11(2)7-10(13)12-6-4-3-5-9(12)8-14-11/h9H,3-6,8H2,1-2H3. The van der Waals surface area contributed by atoms with Crippen LogP contribution in [0.25, 0.3) is 0 Å². The summed E-state index contributed by atoms with van der Waals surface area (Å²) in [4.78, 5) is 13.9. The van der Waals surface area contributed by atoms with E-state index in [9.17, 15) is 4.79 Å². The molecular formula is C11H17NOS. The second-order valence-corrected chi connectivity index (χ2v) is 6.24. The highest BCUT2D eigenvalue weighted by Crippen LogP contribution is 2.35. The van der Waals surface area contributed by atoms with Gasteiger partial charge in [-0.1, -0.05) is 0 Å². The van der Waals surface area contributed by atoms with E-state index in [0.717, 1.165) is 18.7 Å². The van der Waals surface area contributed by atoms with Crippen LogP contribution >= 0.6 is 11.8 Å². The molecule has 0 N–H and O–H groups in total. The van der Waals surface area contributed by atoms with Crippen LogP contribution in [0, 0.1) is 6.42 Å². The molecule has 78 valence electrons. The van der Waals surface area contributed by atoms with Gasteiger partial charge in [0.05, 0.1) is 6.42 Å². The molecule has 0 aromatic carbocycles. The zero-order valence-electron chi connectivity index (χ0n) is 8.88. The van der Waals surface area contributed by atoms with E-state index >= 15 is 0 Å². The number of carbonyl (C=O) groups excluding carboxylic acids is 1. The van der Waals surface area contributed by atoms with Crippen molar-refractivity contribution < 1.29 is 4.79 Å². The van der Waals surface area contributed by atoms with Gasteiger partial charge in [0, 0.05) is 23.1 Å². The summed E-state index contributed by atoms with van der Waals surface area (Å²) in [7, 11) is 0. The van der Waals surface area contributed by atoms with Crippen LogP contribution in [0.3, 0.4) is 0 Å². The van der Waals surface area contributed by atoms with Crippen molar-refractivity contribution >= 4 is 17.7 Å². The molecule has 2 saturated heterocycles. The molecule has 2 aliphatic rings. The zero-order chi connectivity index (χ0) is 10.2. The van der Waals surface area contributed by atoms with Crippen molar-refractivity contribution in [2.24, 2.45) is 0 Å². The van der Waals surface area contributed by atoms with Crippen LogP contribution in [0.15, 0.2) is 0 Å². The Morgan fingerprint density at radius 1 is 1.50 bits per heavy atom. The van der Waals surface area contributed by atoms with Crippen molar-refractivity contribution in [1.29, 1.82) is 0 Å². The lowest BCUT2D eigenvalue weighted by molar-refractivity contribution is -0.130. The largest absolute Gasteiger partial charge is 0.338 e. The number of amides is 1. The first kappa shape index (κ1) is 10.3. The summed E-state index contributed by atoms with van der Waals surface area (Å²) in [6.07, 6.45) is 6.68. The SMILES string of the molecule is CC1(C)[C]C(=O)N2CCCCC2CS1. The summed E-state index contributed by atoms with van der Waals surface area (Å²) < 4.78 is -0.103. The van der Waals surface area contributed by atoms with Crippen molar-refractivity contribution in [3.63, 3.8) is 0 Å². The summed E-state index contributed by atoms with van der Waals surface area (Å²) in [6.45, 7) is 5.09. The summed E-state index contributed by atoms with van der Waals surface area (Å²) in [6, 6.07) is 0.468. The summed E-state index contributed by atoms with van der Waals surface area (Å²) in [5, 5.41) is 0. The number of hydrogen-bond donors (Lipinski definition) is 0. The van der Waals surface area contributed by atoms with E-state index < -0.39 is 0 Å². The molecule has 14 heavy (non-hydrogen) atoms. The van der Waals surface area contributed by atoms with Crippen molar-refractivity contribution in [3.05, 3.63) is 6.42 Å². The molecule has 2 radical (unpaired) electrons. The minimum absolute atomic E-state index is 0.103. The number of carbonyl (C=O) groups is 1. The number of nitrogens with zero attached hydrogens (tertiary/aromatic N) is 1. The minimum Gasteiger partial charge on any atom is -0.338 e. The van der Waals surface area contributed by atoms with Gasteiger partial charge in [0.1, 0.15) is 0 Å². The van der Waals surface area contributed by atoms with Crippen molar-refractivity contribution in [3.8, 4) is 0 Å². The second-order valence-electron chi connectivity index (χ2n) is 4.59. The van der Waals surface area contributed by atoms with Gasteiger partial charge in [0.15, 0.2) is 0 Å². The number of fused-ring (bicyclic) bond motifs is 1. The van der Waals surface area contributed by atoms with Gasteiger partial charge in [-0.2, -0.15) is 11.8 Å². The molecule has 2 nitrogen and oxygen atoms in total. The van der Waals surface area contributed by atoms with E-state index in [1.54, 1.807) is 0 Å².